The van der Waals surface area contributed by atoms with Crippen LogP contribution in [0.25, 0.3) is 0 Å². The van der Waals surface area contributed by atoms with Gasteiger partial charge in [-0.3, -0.25) is 14.4 Å². The number of carbonyl (C=O) groups is 3. The third-order valence-electron chi connectivity index (χ3n) is 13.0. The molecule has 6 heteroatoms. The van der Waals surface area contributed by atoms with E-state index in [-0.39, 0.29) is 37.5 Å². The lowest BCUT2D eigenvalue weighted by atomic mass is 10.1. The second-order valence-electron chi connectivity index (χ2n) is 20.6. The van der Waals surface area contributed by atoms with Crippen molar-refractivity contribution in [3.05, 3.63) is 146 Å². The zero-order valence-corrected chi connectivity index (χ0v) is 50.4. The Bertz CT molecular complexity index is 1710. The van der Waals surface area contributed by atoms with E-state index in [9.17, 15) is 14.4 Å². The lowest BCUT2D eigenvalue weighted by Gasteiger charge is -2.18. The topological polar surface area (TPSA) is 78.9 Å². The van der Waals surface area contributed by atoms with E-state index >= 15 is 0 Å². The summed E-state index contributed by atoms with van der Waals surface area (Å²) in [6.45, 7) is 6.43. The zero-order valence-electron chi connectivity index (χ0n) is 50.4. The van der Waals surface area contributed by atoms with Crippen LogP contribution in [0.4, 0.5) is 0 Å². The fourth-order valence-electron chi connectivity index (χ4n) is 8.29. The maximum absolute atomic E-state index is 12.9. The van der Waals surface area contributed by atoms with Gasteiger partial charge >= 0.3 is 17.9 Å². The highest BCUT2D eigenvalue weighted by Crippen LogP contribution is 2.13. The summed E-state index contributed by atoms with van der Waals surface area (Å²) in [5.74, 6) is -1.00. The van der Waals surface area contributed by atoms with Gasteiger partial charge in [0.15, 0.2) is 6.10 Å². The van der Waals surface area contributed by atoms with Crippen LogP contribution in [0, 0.1) is 0 Å². The average Bonchev–Trinajstić information content (AvgIpc) is 3.44. The molecule has 1 atom stereocenters. The number of rotatable bonds is 56. The molecule has 1 unspecified atom stereocenters. The number of esters is 3. The first-order valence-corrected chi connectivity index (χ1v) is 31.8. The molecule has 440 valence electrons. The molecule has 0 aromatic rings. The molecule has 0 aromatic carbocycles. The van der Waals surface area contributed by atoms with Crippen LogP contribution in [0.15, 0.2) is 146 Å². The lowest BCUT2D eigenvalue weighted by molar-refractivity contribution is -0.167. The van der Waals surface area contributed by atoms with E-state index in [0.717, 1.165) is 141 Å². The summed E-state index contributed by atoms with van der Waals surface area (Å²) in [6, 6.07) is 0. The van der Waals surface area contributed by atoms with Crippen molar-refractivity contribution in [3.63, 3.8) is 0 Å². The lowest BCUT2D eigenvalue weighted by Crippen LogP contribution is -2.30. The molecule has 0 saturated carbocycles. The van der Waals surface area contributed by atoms with Gasteiger partial charge in [0.05, 0.1) is 0 Å². The summed E-state index contributed by atoms with van der Waals surface area (Å²) in [5.41, 5.74) is 0. The van der Waals surface area contributed by atoms with Crippen molar-refractivity contribution in [2.75, 3.05) is 13.2 Å². The predicted molar refractivity (Wildman–Crippen MR) is 339 cm³/mol. The molecule has 0 aliphatic heterocycles. The van der Waals surface area contributed by atoms with Crippen LogP contribution < -0.4 is 0 Å². The minimum atomic E-state index is -0.823. The maximum atomic E-state index is 12.9. The Labute approximate surface area is 480 Å². The second-order valence-corrected chi connectivity index (χ2v) is 20.6. The number of carbonyl (C=O) groups excluding carboxylic acids is 3. The van der Waals surface area contributed by atoms with Crippen molar-refractivity contribution in [1.82, 2.24) is 0 Å². The number of hydrogen-bond acceptors (Lipinski definition) is 6. The number of ether oxygens (including phenoxy) is 3. The Kier molecular flexibility index (Phi) is 60.9. The van der Waals surface area contributed by atoms with E-state index in [1.807, 2.05) is 0 Å². The third kappa shape index (κ3) is 62.1. The largest absolute Gasteiger partial charge is 0.462 e. The van der Waals surface area contributed by atoms with Crippen LogP contribution in [-0.4, -0.2) is 37.2 Å². The highest BCUT2D eigenvalue weighted by atomic mass is 16.6. The van der Waals surface area contributed by atoms with E-state index in [2.05, 4.69) is 167 Å². The van der Waals surface area contributed by atoms with Crippen LogP contribution in [0.1, 0.15) is 271 Å². The zero-order chi connectivity index (χ0) is 56.4. The molecule has 0 bridgehead atoms. The van der Waals surface area contributed by atoms with Gasteiger partial charge in [-0.05, 0) is 141 Å². The van der Waals surface area contributed by atoms with Gasteiger partial charge in [-0.2, -0.15) is 0 Å². The Balaban J connectivity index is 4.55. The van der Waals surface area contributed by atoms with Gasteiger partial charge in [0, 0.05) is 19.3 Å². The molecule has 78 heavy (non-hydrogen) atoms. The van der Waals surface area contributed by atoms with Crippen LogP contribution in [-0.2, 0) is 28.6 Å². The van der Waals surface area contributed by atoms with Crippen molar-refractivity contribution in [2.45, 2.75) is 277 Å². The van der Waals surface area contributed by atoms with Gasteiger partial charge in [-0.1, -0.05) is 256 Å². The summed E-state index contributed by atoms with van der Waals surface area (Å²) in [5, 5.41) is 0. The number of hydrogen-bond donors (Lipinski definition) is 0. The Hall–Kier alpha value is -4.71. The van der Waals surface area contributed by atoms with E-state index in [1.165, 1.54) is 83.5 Å². The summed E-state index contributed by atoms with van der Waals surface area (Å²) in [6.07, 6.45) is 92.7. The molecule has 0 heterocycles. The van der Waals surface area contributed by atoms with Gasteiger partial charge in [0.25, 0.3) is 0 Å². The van der Waals surface area contributed by atoms with Gasteiger partial charge in [0.2, 0.25) is 0 Å². The Morgan fingerprint density at radius 1 is 0.269 bits per heavy atom. The molecular weight excluding hydrogens is 961 g/mol. The number of allylic oxidation sites excluding steroid dienone is 24. The maximum Gasteiger partial charge on any atom is 0.306 e. The minimum absolute atomic E-state index is 0.114. The fourth-order valence-corrected chi connectivity index (χ4v) is 8.29. The summed E-state index contributed by atoms with van der Waals surface area (Å²) >= 11 is 0. The molecule has 6 nitrogen and oxygen atoms in total. The first-order valence-electron chi connectivity index (χ1n) is 31.8. The minimum Gasteiger partial charge on any atom is -0.462 e. The van der Waals surface area contributed by atoms with Crippen LogP contribution in [0.3, 0.4) is 0 Å². The molecule has 0 spiro atoms. The standard InChI is InChI=1S/C72H116O6/c1-4-7-10-13-16-19-22-25-28-31-33-35-36-38-39-41-44-47-50-53-56-59-62-65-71(74)77-68-69(67-76-70(73)64-61-58-55-52-49-46-43-30-27-24-21-18-15-12-9-6-3)78-72(75)66-63-60-57-54-51-48-45-42-40-37-34-32-29-26-23-20-17-14-11-8-5-2/h7,10,16,19,21,23-26,28,30,32-35,38-40,42-44,47,53,56,69H,4-6,8-9,11-15,17-18,20,22,27,29,31,36-37,41,45-46,48-52,54-55,57-68H2,1-3H3/b10-7-,19-16-,24-21-,26-23-,28-25-,34-32-,35-33-,39-38-,42-40-,43-30-,47-44-,56-53-. The highest BCUT2D eigenvalue weighted by Gasteiger charge is 2.19. The van der Waals surface area contributed by atoms with Crippen molar-refractivity contribution in [3.8, 4) is 0 Å². The van der Waals surface area contributed by atoms with E-state index < -0.39 is 6.10 Å². The first-order chi connectivity index (χ1) is 38.5. The average molecular weight is 1080 g/mol. The highest BCUT2D eigenvalue weighted by molar-refractivity contribution is 5.71. The normalized spacial score (nSPS) is 13.1. The summed E-state index contributed by atoms with van der Waals surface area (Å²) in [7, 11) is 0. The second kappa shape index (κ2) is 64.8. The fraction of sp³-hybridized carbons (Fsp3) is 0.625. The molecule has 0 N–H and O–H groups in total. The molecule has 0 rings (SSSR count). The van der Waals surface area contributed by atoms with Gasteiger partial charge in [0.1, 0.15) is 13.2 Å². The van der Waals surface area contributed by atoms with E-state index in [1.54, 1.807) is 0 Å². The quantitative estimate of drug-likeness (QED) is 0.0261. The first kappa shape index (κ1) is 73.3. The van der Waals surface area contributed by atoms with Crippen LogP contribution in [0.5, 0.6) is 0 Å². The third-order valence-corrected chi connectivity index (χ3v) is 13.0. The molecule has 0 saturated heterocycles. The number of unbranched alkanes of at least 4 members (excludes halogenated alkanes) is 21. The van der Waals surface area contributed by atoms with Crippen molar-refractivity contribution < 1.29 is 28.6 Å². The molecule has 0 fully saturated rings. The van der Waals surface area contributed by atoms with Gasteiger partial charge in [-0.15, -0.1) is 0 Å². The predicted octanol–water partition coefficient (Wildman–Crippen LogP) is 21.9. The van der Waals surface area contributed by atoms with Crippen LogP contribution >= 0.6 is 0 Å². The summed E-state index contributed by atoms with van der Waals surface area (Å²) in [4.78, 5) is 38.3. The summed E-state index contributed by atoms with van der Waals surface area (Å²) < 4.78 is 16.9. The Morgan fingerprint density at radius 2 is 0.513 bits per heavy atom. The molecule has 0 amide bonds. The molecule has 0 aliphatic rings. The Morgan fingerprint density at radius 3 is 0.846 bits per heavy atom. The van der Waals surface area contributed by atoms with Gasteiger partial charge in [-0.25, -0.2) is 0 Å². The van der Waals surface area contributed by atoms with Crippen molar-refractivity contribution >= 4 is 17.9 Å². The smallest absolute Gasteiger partial charge is 0.306 e. The SMILES string of the molecule is CC/C=C\C/C=C\C/C=C\C/C=C\C/C=C\C/C=C\C/C=C\CCCC(=O)OCC(COC(=O)CCCCCCC/C=C\C/C=C\CCCCCC)OC(=O)CCCCCCCC/C=C\C/C=C\C/C=C\CCCCCCC. The van der Waals surface area contributed by atoms with Crippen LogP contribution in [0.2, 0.25) is 0 Å². The van der Waals surface area contributed by atoms with Gasteiger partial charge < -0.3 is 14.2 Å². The molecular formula is C72H116O6. The molecule has 0 aliphatic carbocycles. The molecule has 0 radical (unpaired) electrons. The van der Waals surface area contributed by atoms with E-state index in [4.69, 9.17) is 14.2 Å². The van der Waals surface area contributed by atoms with E-state index in [0.29, 0.717) is 19.3 Å². The molecule has 0 aromatic heterocycles. The van der Waals surface area contributed by atoms with Crippen molar-refractivity contribution in [1.29, 1.82) is 0 Å². The monoisotopic (exact) mass is 1080 g/mol. The van der Waals surface area contributed by atoms with Crippen molar-refractivity contribution in [2.24, 2.45) is 0 Å².